The molecule has 0 radical (unpaired) electrons. The van der Waals surface area contributed by atoms with Crippen molar-refractivity contribution in [1.29, 1.82) is 0 Å². The second-order valence-corrected chi connectivity index (χ2v) is 4.59. The van der Waals surface area contributed by atoms with Crippen LogP contribution in [0.15, 0.2) is 35.1 Å². The molecule has 0 spiro atoms. The fourth-order valence-corrected chi connectivity index (χ4v) is 1.81. The van der Waals surface area contributed by atoms with Crippen molar-refractivity contribution in [2.24, 2.45) is 5.73 Å². The van der Waals surface area contributed by atoms with Crippen molar-refractivity contribution in [2.45, 2.75) is 26.4 Å². The molecular weight excluding hydrogens is 226 g/mol. The fraction of sp³-hybridized carbons (Fsp3) is 0.357. The van der Waals surface area contributed by atoms with Crippen molar-refractivity contribution in [3.63, 3.8) is 0 Å². The Morgan fingerprint density at radius 3 is 2.67 bits per heavy atom. The van der Waals surface area contributed by atoms with E-state index in [1.807, 2.05) is 45.3 Å². The van der Waals surface area contributed by atoms with E-state index in [2.05, 4.69) is 9.88 Å². The molecule has 0 unspecified atom stereocenters. The van der Waals surface area contributed by atoms with Crippen LogP contribution >= 0.6 is 0 Å². The maximum Gasteiger partial charge on any atom is 0.105 e. The third-order valence-corrected chi connectivity index (χ3v) is 3.05. The van der Waals surface area contributed by atoms with E-state index in [0.29, 0.717) is 0 Å². The zero-order valence-electron chi connectivity index (χ0n) is 11.1. The molecule has 4 nitrogen and oxygen atoms in total. The molecule has 0 aliphatic rings. The normalized spacial score (nSPS) is 12.4. The van der Waals surface area contributed by atoms with Crippen LogP contribution < -0.4 is 10.6 Å². The maximum atomic E-state index is 5.78. The fourth-order valence-electron chi connectivity index (χ4n) is 1.81. The number of furan rings is 1. The number of nitrogens with two attached hydrogens (primary N) is 1. The molecule has 96 valence electrons. The number of hydrogen-bond acceptors (Lipinski definition) is 4. The minimum Gasteiger partial charge on any atom is -0.469 e. The molecule has 2 aromatic heterocycles. The zero-order chi connectivity index (χ0) is 13.1. The average Bonchev–Trinajstić information content (AvgIpc) is 2.75. The Balaban J connectivity index is 2.09. The maximum absolute atomic E-state index is 5.78. The van der Waals surface area contributed by atoms with E-state index >= 15 is 0 Å². The van der Waals surface area contributed by atoms with Crippen LogP contribution in [0.3, 0.4) is 0 Å². The van der Waals surface area contributed by atoms with E-state index in [4.69, 9.17) is 10.2 Å². The van der Waals surface area contributed by atoms with E-state index in [9.17, 15) is 0 Å². The predicted molar refractivity (Wildman–Crippen MR) is 72.4 cm³/mol. The first-order chi connectivity index (χ1) is 8.58. The molecule has 2 aromatic rings. The van der Waals surface area contributed by atoms with Crippen LogP contribution in [-0.4, -0.2) is 12.0 Å². The highest BCUT2D eigenvalue weighted by Crippen LogP contribution is 2.18. The highest BCUT2D eigenvalue weighted by molar-refractivity contribution is 5.44. The summed E-state index contributed by atoms with van der Waals surface area (Å²) in [4.78, 5) is 6.50. The summed E-state index contributed by atoms with van der Waals surface area (Å²) in [6.07, 6.45) is 3.57. The van der Waals surface area contributed by atoms with Crippen molar-refractivity contribution >= 4 is 5.69 Å². The third-order valence-electron chi connectivity index (χ3n) is 3.05. The molecule has 18 heavy (non-hydrogen) atoms. The Bertz CT molecular complexity index is 502. The Morgan fingerprint density at radius 2 is 2.17 bits per heavy atom. The lowest BCUT2D eigenvalue weighted by molar-refractivity contribution is 0.529. The Kier molecular flexibility index (Phi) is 3.67. The summed E-state index contributed by atoms with van der Waals surface area (Å²) in [5.74, 6) is 0.960. The van der Waals surface area contributed by atoms with Crippen LogP contribution in [0.25, 0.3) is 0 Å². The van der Waals surface area contributed by atoms with Crippen molar-refractivity contribution in [3.05, 3.63) is 47.7 Å². The summed E-state index contributed by atoms with van der Waals surface area (Å²) in [7, 11) is 2.04. The number of rotatable bonds is 4. The van der Waals surface area contributed by atoms with E-state index in [0.717, 1.165) is 23.7 Å². The number of pyridine rings is 1. The van der Waals surface area contributed by atoms with Gasteiger partial charge in [0.2, 0.25) is 0 Å². The molecule has 0 saturated heterocycles. The van der Waals surface area contributed by atoms with Gasteiger partial charge in [-0.05, 0) is 32.0 Å². The number of hydrogen-bond donors (Lipinski definition) is 1. The molecule has 4 heteroatoms. The average molecular weight is 245 g/mol. The van der Waals surface area contributed by atoms with Gasteiger partial charge in [-0.25, -0.2) is 0 Å². The molecule has 0 amide bonds. The first kappa shape index (κ1) is 12.6. The van der Waals surface area contributed by atoms with Gasteiger partial charge >= 0.3 is 0 Å². The molecule has 2 heterocycles. The third kappa shape index (κ3) is 2.71. The van der Waals surface area contributed by atoms with E-state index in [1.165, 1.54) is 5.56 Å². The first-order valence-electron chi connectivity index (χ1n) is 6.03. The van der Waals surface area contributed by atoms with Crippen molar-refractivity contribution in [3.8, 4) is 0 Å². The second kappa shape index (κ2) is 5.23. The Morgan fingerprint density at radius 1 is 1.39 bits per heavy atom. The van der Waals surface area contributed by atoms with Crippen LogP contribution in [0.4, 0.5) is 5.69 Å². The largest absolute Gasteiger partial charge is 0.469 e. The second-order valence-electron chi connectivity index (χ2n) is 4.59. The van der Waals surface area contributed by atoms with E-state index in [1.54, 1.807) is 6.26 Å². The summed E-state index contributed by atoms with van der Waals surface area (Å²) in [5, 5.41) is 0. The Hall–Kier alpha value is -1.81. The standard InChI is InChI=1S/C14H19N3O/c1-10(15)14-5-4-13(8-16-14)17(3)9-12-6-7-18-11(12)2/h4-8,10H,9,15H2,1-3H3/t10-/m1/s1. The van der Waals surface area contributed by atoms with Crippen LogP contribution in [0.2, 0.25) is 0 Å². The minimum absolute atomic E-state index is 0.0273. The first-order valence-corrected chi connectivity index (χ1v) is 6.03. The molecule has 0 bridgehead atoms. The minimum atomic E-state index is -0.0273. The van der Waals surface area contributed by atoms with Gasteiger partial charge in [-0.15, -0.1) is 0 Å². The summed E-state index contributed by atoms with van der Waals surface area (Å²) in [6.45, 7) is 4.71. The smallest absolute Gasteiger partial charge is 0.105 e. The number of aromatic nitrogens is 1. The summed E-state index contributed by atoms with van der Waals surface area (Å²) in [6, 6.07) is 5.98. The van der Waals surface area contributed by atoms with Gasteiger partial charge in [0.25, 0.3) is 0 Å². The molecule has 0 aliphatic heterocycles. The summed E-state index contributed by atoms with van der Waals surface area (Å²) < 4.78 is 5.29. The monoisotopic (exact) mass is 245 g/mol. The zero-order valence-corrected chi connectivity index (χ0v) is 11.1. The van der Waals surface area contributed by atoms with Gasteiger partial charge in [0.05, 0.1) is 23.8 Å². The molecule has 0 saturated carbocycles. The number of anilines is 1. The van der Waals surface area contributed by atoms with Gasteiger partial charge in [-0.1, -0.05) is 0 Å². The molecule has 0 aliphatic carbocycles. The molecule has 0 aromatic carbocycles. The van der Waals surface area contributed by atoms with Gasteiger partial charge in [0, 0.05) is 25.2 Å². The van der Waals surface area contributed by atoms with Crippen molar-refractivity contribution < 1.29 is 4.42 Å². The van der Waals surface area contributed by atoms with Crippen molar-refractivity contribution in [2.75, 3.05) is 11.9 Å². The van der Waals surface area contributed by atoms with Gasteiger partial charge in [-0.2, -0.15) is 0 Å². The molecule has 1 atom stereocenters. The van der Waals surface area contributed by atoms with Crippen LogP contribution in [0, 0.1) is 6.92 Å². The lowest BCUT2D eigenvalue weighted by Gasteiger charge is -2.19. The lowest BCUT2D eigenvalue weighted by Crippen LogP contribution is -2.17. The topological polar surface area (TPSA) is 55.3 Å². The van der Waals surface area contributed by atoms with Gasteiger partial charge in [0.15, 0.2) is 0 Å². The highest BCUT2D eigenvalue weighted by atomic mass is 16.3. The molecule has 2 N–H and O–H groups in total. The Labute approximate surface area is 107 Å². The summed E-state index contributed by atoms with van der Waals surface area (Å²) >= 11 is 0. The van der Waals surface area contributed by atoms with Crippen LogP contribution in [-0.2, 0) is 6.54 Å². The van der Waals surface area contributed by atoms with Crippen LogP contribution in [0.1, 0.15) is 30.0 Å². The predicted octanol–water partition coefficient (Wildman–Crippen LogP) is 2.64. The molecule has 0 fully saturated rings. The van der Waals surface area contributed by atoms with Gasteiger partial charge in [-0.3, -0.25) is 4.98 Å². The van der Waals surface area contributed by atoms with E-state index in [-0.39, 0.29) is 6.04 Å². The van der Waals surface area contributed by atoms with Gasteiger partial charge < -0.3 is 15.1 Å². The summed E-state index contributed by atoms with van der Waals surface area (Å²) in [5.41, 5.74) is 8.95. The lowest BCUT2D eigenvalue weighted by atomic mass is 10.2. The SMILES string of the molecule is Cc1occc1CN(C)c1ccc([C@@H](C)N)nc1. The number of nitrogens with zero attached hydrogens (tertiary/aromatic N) is 2. The highest BCUT2D eigenvalue weighted by Gasteiger charge is 2.07. The molecule has 2 rings (SSSR count). The quantitative estimate of drug-likeness (QED) is 0.899. The van der Waals surface area contributed by atoms with Crippen molar-refractivity contribution in [1.82, 2.24) is 4.98 Å². The van der Waals surface area contributed by atoms with E-state index < -0.39 is 0 Å². The molecular formula is C14H19N3O. The van der Waals surface area contributed by atoms with Gasteiger partial charge in [0.1, 0.15) is 5.76 Å². The van der Waals surface area contributed by atoms with Crippen LogP contribution in [0.5, 0.6) is 0 Å². The number of aryl methyl sites for hydroxylation is 1.